The Bertz CT molecular complexity index is 1010. The molecule has 0 saturated carbocycles. The normalized spacial score (nSPS) is 11.6. The van der Waals surface area contributed by atoms with Gasteiger partial charge in [-0.15, -0.1) is 5.10 Å². The molecule has 0 bridgehead atoms. The Morgan fingerprint density at radius 3 is 2.24 bits per heavy atom. The summed E-state index contributed by atoms with van der Waals surface area (Å²) in [7, 11) is -1.96. The summed E-state index contributed by atoms with van der Waals surface area (Å²) in [5.74, 6) is 0.538. The van der Waals surface area contributed by atoms with Gasteiger partial charge >= 0.3 is 5.69 Å². The minimum Gasteiger partial charge on any atom is -0.278 e. The summed E-state index contributed by atoms with van der Waals surface area (Å²) in [6, 6.07) is 17.4. The maximum absolute atomic E-state index is 12.3. The monoisotopic (exact) mass is 358 g/mol. The smallest absolute Gasteiger partial charge is 0.278 e. The highest BCUT2D eigenvalue weighted by molar-refractivity contribution is 7.89. The van der Waals surface area contributed by atoms with Crippen molar-refractivity contribution in [2.24, 2.45) is 7.05 Å². The molecule has 0 spiro atoms. The molecule has 0 unspecified atom stereocenters. The summed E-state index contributed by atoms with van der Waals surface area (Å²) in [5.41, 5.74) is 0.531. The van der Waals surface area contributed by atoms with Gasteiger partial charge in [0.25, 0.3) is 0 Å². The van der Waals surface area contributed by atoms with Gasteiger partial charge in [-0.25, -0.2) is 22.6 Å². The van der Waals surface area contributed by atoms with Gasteiger partial charge in [0.2, 0.25) is 10.0 Å². The molecule has 1 aromatic heterocycles. The predicted octanol–water partition coefficient (Wildman–Crippen LogP) is 1.23. The van der Waals surface area contributed by atoms with Crippen molar-refractivity contribution in [3.8, 4) is 11.4 Å². The minimum absolute atomic E-state index is 0.0718. The van der Waals surface area contributed by atoms with Crippen LogP contribution in [0.3, 0.4) is 0 Å². The van der Waals surface area contributed by atoms with Crippen LogP contribution in [0.4, 0.5) is 0 Å². The largest absolute Gasteiger partial charge is 0.345 e. The van der Waals surface area contributed by atoms with Crippen LogP contribution < -0.4 is 10.4 Å². The van der Waals surface area contributed by atoms with E-state index in [2.05, 4.69) is 9.82 Å². The number of aromatic nitrogens is 3. The van der Waals surface area contributed by atoms with Crippen molar-refractivity contribution < 1.29 is 8.42 Å². The molecule has 0 saturated heterocycles. The second kappa shape index (κ2) is 7.04. The van der Waals surface area contributed by atoms with E-state index in [0.717, 1.165) is 5.56 Å². The molecule has 0 aliphatic heterocycles. The topological polar surface area (TPSA) is 86.0 Å². The van der Waals surface area contributed by atoms with E-state index in [4.69, 9.17) is 0 Å². The maximum atomic E-state index is 12.3. The van der Waals surface area contributed by atoms with Gasteiger partial charge in [-0.3, -0.25) is 4.57 Å². The Labute approximate surface area is 145 Å². The first-order chi connectivity index (χ1) is 12.0. The van der Waals surface area contributed by atoms with Crippen LogP contribution in [0, 0.1) is 0 Å². The van der Waals surface area contributed by atoms with Crippen LogP contribution in [-0.4, -0.2) is 29.3 Å². The van der Waals surface area contributed by atoms with E-state index in [1.165, 1.54) is 21.4 Å². The number of nitrogens with zero attached hydrogens (tertiary/aromatic N) is 3. The number of hydrogen-bond donors (Lipinski definition) is 1. The van der Waals surface area contributed by atoms with Crippen LogP contribution in [0.5, 0.6) is 0 Å². The number of hydrogen-bond acceptors (Lipinski definition) is 4. The van der Waals surface area contributed by atoms with Crippen molar-refractivity contribution in [1.82, 2.24) is 19.1 Å². The van der Waals surface area contributed by atoms with Gasteiger partial charge < -0.3 is 0 Å². The van der Waals surface area contributed by atoms with E-state index >= 15 is 0 Å². The molecule has 130 valence electrons. The molecule has 0 aliphatic rings. The Hall–Kier alpha value is -2.71. The molecule has 0 fully saturated rings. The average molecular weight is 358 g/mol. The molecular formula is C17H18N4O3S. The average Bonchev–Trinajstić information content (AvgIpc) is 2.92. The standard InChI is InChI=1S/C17H18N4O3S/c1-20-16(14-8-4-2-5-9-14)19-21(17(20)22)13-12-18-25(23,24)15-10-6-3-7-11-15/h2-11,18H,12-13H2,1H3. The molecule has 25 heavy (non-hydrogen) atoms. The zero-order chi connectivity index (χ0) is 17.9. The molecule has 1 N–H and O–H groups in total. The van der Waals surface area contributed by atoms with Gasteiger partial charge in [0, 0.05) is 19.2 Å². The van der Waals surface area contributed by atoms with Crippen LogP contribution in [-0.2, 0) is 23.6 Å². The fourth-order valence-corrected chi connectivity index (χ4v) is 3.48. The van der Waals surface area contributed by atoms with Crippen molar-refractivity contribution in [2.75, 3.05) is 6.54 Å². The third-order valence-electron chi connectivity index (χ3n) is 3.74. The third-order valence-corrected chi connectivity index (χ3v) is 5.22. The lowest BCUT2D eigenvalue weighted by molar-refractivity contribution is 0.551. The van der Waals surface area contributed by atoms with Gasteiger partial charge in [0.15, 0.2) is 5.82 Å². The second-order valence-corrected chi connectivity index (χ2v) is 7.23. The predicted molar refractivity (Wildman–Crippen MR) is 94.5 cm³/mol. The summed E-state index contributed by atoms with van der Waals surface area (Å²) in [4.78, 5) is 12.5. The SMILES string of the molecule is Cn1c(-c2ccccc2)nn(CCNS(=O)(=O)c2ccccc2)c1=O. The first-order valence-electron chi connectivity index (χ1n) is 7.73. The summed E-state index contributed by atoms with van der Waals surface area (Å²) in [5, 5.41) is 4.30. The molecule has 0 radical (unpaired) electrons. The summed E-state index contributed by atoms with van der Waals surface area (Å²) >= 11 is 0. The fourth-order valence-electron chi connectivity index (χ4n) is 2.44. The first-order valence-corrected chi connectivity index (χ1v) is 9.21. The number of nitrogens with one attached hydrogen (secondary N) is 1. The molecule has 7 nitrogen and oxygen atoms in total. The third kappa shape index (κ3) is 3.70. The van der Waals surface area contributed by atoms with E-state index < -0.39 is 10.0 Å². The first kappa shape index (κ1) is 17.1. The summed E-state index contributed by atoms with van der Waals surface area (Å²) in [6.07, 6.45) is 0. The highest BCUT2D eigenvalue weighted by atomic mass is 32.2. The van der Waals surface area contributed by atoms with Gasteiger partial charge in [0.1, 0.15) is 0 Å². The Balaban J connectivity index is 1.74. The zero-order valence-corrected chi connectivity index (χ0v) is 14.5. The molecule has 3 aromatic rings. The molecule has 3 rings (SSSR count). The summed E-state index contributed by atoms with van der Waals surface area (Å²) in [6.45, 7) is 0.216. The van der Waals surface area contributed by atoms with E-state index in [-0.39, 0.29) is 23.7 Å². The van der Waals surface area contributed by atoms with Crippen molar-refractivity contribution in [3.05, 3.63) is 71.1 Å². The molecule has 2 aromatic carbocycles. The Morgan fingerprint density at radius 1 is 1.00 bits per heavy atom. The van der Waals surface area contributed by atoms with Gasteiger partial charge in [0.05, 0.1) is 11.4 Å². The number of sulfonamides is 1. The van der Waals surface area contributed by atoms with Crippen molar-refractivity contribution in [2.45, 2.75) is 11.4 Å². The van der Waals surface area contributed by atoms with Crippen LogP contribution in [0.25, 0.3) is 11.4 Å². The lowest BCUT2D eigenvalue weighted by Gasteiger charge is -2.06. The fraction of sp³-hybridized carbons (Fsp3) is 0.176. The van der Waals surface area contributed by atoms with Crippen LogP contribution in [0.1, 0.15) is 0 Å². The van der Waals surface area contributed by atoms with Crippen molar-refractivity contribution in [1.29, 1.82) is 0 Å². The number of rotatable bonds is 6. The quantitative estimate of drug-likeness (QED) is 0.718. The van der Waals surface area contributed by atoms with Crippen molar-refractivity contribution in [3.63, 3.8) is 0 Å². The van der Waals surface area contributed by atoms with E-state index in [0.29, 0.717) is 5.82 Å². The molecule has 0 atom stereocenters. The molecule has 8 heteroatoms. The molecule has 1 heterocycles. The van der Waals surface area contributed by atoms with E-state index in [9.17, 15) is 13.2 Å². The molecule has 0 amide bonds. The highest BCUT2D eigenvalue weighted by Crippen LogP contribution is 2.13. The van der Waals surface area contributed by atoms with Gasteiger partial charge in [-0.05, 0) is 12.1 Å². The minimum atomic E-state index is -3.60. The van der Waals surface area contributed by atoms with Crippen molar-refractivity contribution >= 4 is 10.0 Å². The maximum Gasteiger partial charge on any atom is 0.345 e. The lowest BCUT2D eigenvalue weighted by atomic mass is 10.2. The van der Waals surface area contributed by atoms with Crippen LogP contribution in [0.15, 0.2) is 70.4 Å². The van der Waals surface area contributed by atoms with E-state index in [1.807, 2.05) is 30.3 Å². The molecular weight excluding hydrogens is 340 g/mol. The van der Waals surface area contributed by atoms with Crippen LogP contribution in [0.2, 0.25) is 0 Å². The van der Waals surface area contributed by atoms with Gasteiger partial charge in [-0.2, -0.15) is 0 Å². The second-order valence-electron chi connectivity index (χ2n) is 5.47. The highest BCUT2D eigenvalue weighted by Gasteiger charge is 2.15. The summed E-state index contributed by atoms with van der Waals surface area (Å²) < 4.78 is 29.5. The zero-order valence-electron chi connectivity index (χ0n) is 13.7. The van der Waals surface area contributed by atoms with E-state index in [1.54, 1.807) is 25.2 Å². The number of benzene rings is 2. The Morgan fingerprint density at radius 2 is 1.60 bits per heavy atom. The van der Waals surface area contributed by atoms with Crippen LogP contribution >= 0.6 is 0 Å². The molecule has 0 aliphatic carbocycles. The van der Waals surface area contributed by atoms with Gasteiger partial charge in [-0.1, -0.05) is 48.5 Å². The Kier molecular flexibility index (Phi) is 4.82. The lowest BCUT2D eigenvalue weighted by Crippen LogP contribution is -2.31.